The summed E-state index contributed by atoms with van der Waals surface area (Å²) in [5, 5.41) is 5.58. The van der Waals surface area contributed by atoms with E-state index in [1.165, 1.54) is 0 Å². The van der Waals surface area contributed by atoms with Gasteiger partial charge >= 0.3 is 0 Å². The molecule has 122 valence electrons. The Morgan fingerprint density at radius 1 is 1.32 bits per heavy atom. The van der Waals surface area contributed by atoms with Crippen LogP contribution >= 0.6 is 0 Å². The smallest absolute Gasteiger partial charge is 0.255 e. The largest absolute Gasteiger partial charge is 0.493 e. The molecule has 1 aromatic carbocycles. The lowest BCUT2D eigenvalue weighted by atomic mass is 10.2. The van der Waals surface area contributed by atoms with Crippen LogP contribution in [0.3, 0.4) is 0 Å². The Bertz CT molecular complexity index is 491. The summed E-state index contributed by atoms with van der Waals surface area (Å²) in [6.07, 6.45) is 0.934. The summed E-state index contributed by atoms with van der Waals surface area (Å²) in [5.74, 6) is 0.318. The van der Waals surface area contributed by atoms with Crippen molar-refractivity contribution in [2.45, 2.75) is 32.7 Å². The predicted molar refractivity (Wildman–Crippen MR) is 85.8 cm³/mol. The highest BCUT2D eigenvalue weighted by Crippen LogP contribution is 2.17. The Morgan fingerprint density at radius 2 is 2.05 bits per heavy atom. The molecular weight excluding hydrogens is 282 g/mol. The first-order chi connectivity index (χ1) is 10.6. The number of amides is 2. The standard InChI is InChI=1S/C16H25N3O3/c1-3-22-14-8-5-4-7-13(14)16(21)18-10-6-9-15(20)19-12(2)11-17/h4-5,7-8,12H,3,6,9-11,17H2,1-2H3,(H,18,21)(H,19,20)/t12-/m0/s1. The molecule has 0 aliphatic rings. The van der Waals surface area contributed by atoms with Gasteiger partial charge in [-0.05, 0) is 32.4 Å². The molecule has 0 bridgehead atoms. The van der Waals surface area contributed by atoms with Crippen LogP contribution in [0.2, 0.25) is 0 Å². The number of nitrogens with one attached hydrogen (secondary N) is 2. The zero-order chi connectivity index (χ0) is 16.4. The summed E-state index contributed by atoms with van der Waals surface area (Å²) in [4.78, 5) is 23.7. The first kappa shape index (κ1) is 18.0. The molecule has 0 aromatic heterocycles. The summed E-state index contributed by atoms with van der Waals surface area (Å²) in [6, 6.07) is 7.07. The Kier molecular flexibility index (Phi) is 7.99. The van der Waals surface area contributed by atoms with Gasteiger partial charge in [0.2, 0.25) is 5.91 Å². The molecule has 1 rings (SSSR count). The molecule has 6 nitrogen and oxygen atoms in total. The third kappa shape index (κ3) is 6.13. The molecule has 0 saturated heterocycles. The van der Waals surface area contributed by atoms with Crippen molar-refractivity contribution < 1.29 is 14.3 Å². The van der Waals surface area contributed by atoms with Crippen molar-refractivity contribution >= 4 is 11.8 Å². The zero-order valence-electron chi connectivity index (χ0n) is 13.2. The van der Waals surface area contributed by atoms with E-state index in [2.05, 4.69) is 10.6 Å². The lowest BCUT2D eigenvalue weighted by Gasteiger charge is -2.12. The molecule has 0 saturated carbocycles. The number of carbonyl (C=O) groups excluding carboxylic acids is 2. The van der Waals surface area contributed by atoms with Crippen LogP contribution in [0.5, 0.6) is 5.75 Å². The van der Waals surface area contributed by atoms with Crippen LogP contribution in [0.15, 0.2) is 24.3 Å². The summed E-state index contributed by atoms with van der Waals surface area (Å²) in [5.41, 5.74) is 5.94. The number of benzene rings is 1. The van der Waals surface area contributed by atoms with Crippen LogP contribution in [0.25, 0.3) is 0 Å². The Labute approximate surface area is 131 Å². The van der Waals surface area contributed by atoms with Gasteiger partial charge < -0.3 is 21.1 Å². The van der Waals surface area contributed by atoms with E-state index >= 15 is 0 Å². The number of nitrogens with two attached hydrogens (primary N) is 1. The maximum Gasteiger partial charge on any atom is 0.255 e. The minimum atomic E-state index is -0.195. The fourth-order valence-electron chi connectivity index (χ4n) is 1.89. The van der Waals surface area contributed by atoms with E-state index in [-0.39, 0.29) is 17.9 Å². The predicted octanol–water partition coefficient (Wildman–Crippen LogP) is 1.06. The molecule has 0 unspecified atom stereocenters. The number of para-hydroxylation sites is 1. The summed E-state index contributed by atoms with van der Waals surface area (Å²) < 4.78 is 5.42. The van der Waals surface area contributed by atoms with Gasteiger partial charge in [-0.3, -0.25) is 9.59 Å². The second-order valence-corrected chi connectivity index (χ2v) is 4.99. The van der Waals surface area contributed by atoms with Gasteiger partial charge in [-0.1, -0.05) is 12.1 Å². The highest BCUT2D eigenvalue weighted by atomic mass is 16.5. The molecule has 22 heavy (non-hydrogen) atoms. The third-order valence-corrected chi connectivity index (χ3v) is 3.06. The van der Waals surface area contributed by atoms with Crippen molar-refractivity contribution in [2.75, 3.05) is 19.7 Å². The SMILES string of the molecule is CCOc1ccccc1C(=O)NCCCC(=O)N[C@@H](C)CN. The number of ether oxygens (including phenoxy) is 1. The minimum absolute atomic E-state index is 0.0276. The van der Waals surface area contributed by atoms with Crippen LogP contribution in [0.4, 0.5) is 0 Å². The normalized spacial score (nSPS) is 11.6. The molecular formula is C16H25N3O3. The van der Waals surface area contributed by atoms with Gasteiger partial charge in [0.15, 0.2) is 0 Å². The fourth-order valence-corrected chi connectivity index (χ4v) is 1.89. The van der Waals surface area contributed by atoms with Crippen molar-refractivity contribution in [3.8, 4) is 5.75 Å². The maximum atomic E-state index is 12.1. The minimum Gasteiger partial charge on any atom is -0.493 e. The quantitative estimate of drug-likeness (QED) is 0.595. The Balaban J connectivity index is 2.36. The van der Waals surface area contributed by atoms with Crippen molar-refractivity contribution in [1.82, 2.24) is 10.6 Å². The first-order valence-electron chi connectivity index (χ1n) is 7.58. The molecule has 1 aromatic rings. The molecule has 0 spiro atoms. The van der Waals surface area contributed by atoms with E-state index < -0.39 is 0 Å². The van der Waals surface area contributed by atoms with Crippen molar-refractivity contribution in [3.05, 3.63) is 29.8 Å². The van der Waals surface area contributed by atoms with Gasteiger partial charge in [-0.2, -0.15) is 0 Å². The van der Waals surface area contributed by atoms with Crippen LogP contribution in [-0.4, -0.2) is 37.6 Å². The number of hydrogen-bond donors (Lipinski definition) is 3. The van der Waals surface area contributed by atoms with Gasteiger partial charge in [0.05, 0.1) is 12.2 Å². The van der Waals surface area contributed by atoms with Gasteiger partial charge in [0.1, 0.15) is 5.75 Å². The molecule has 6 heteroatoms. The molecule has 4 N–H and O–H groups in total. The summed E-state index contributed by atoms with van der Waals surface area (Å²) >= 11 is 0. The number of rotatable bonds is 9. The van der Waals surface area contributed by atoms with Crippen LogP contribution in [0, 0.1) is 0 Å². The monoisotopic (exact) mass is 307 g/mol. The lowest BCUT2D eigenvalue weighted by Crippen LogP contribution is -2.38. The summed E-state index contributed by atoms with van der Waals surface area (Å²) in [7, 11) is 0. The number of carbonyl (C=O) groups is 2. The van der Waals surface area contributed by atoms with Crippen molar-refractivity contribution in [3.63, 3.8) is 0 Å². The summed E-state index contributed by atoms with van der Waals surface area (Å²) in [6.45, 7) is 5.07. The van der Waals surface area contributed by atoms with E-state index in [1.54, 1.807) is 18.2 Å². The highest BCUT2D eigenvalue weighted by Gasteiger charge is 2.11. The molecule has 0 heterocycles. The lowest BCUT2D eigenvalue weighted by molar-refractivity contribution is -0.121. The Morgan fingerprint density at radius 3 is 2.73 bits per heavy atom. The fraction of sp³-hybridized carbons (Fsp3) is 0.500. The highest BCUT2D eigenvalue weighted by molar-refractivity contribution is 5.96. The average molecular weight is 307 g/mol. The second-order valence-electron chi connectivity index (χ2n) is 4.99. The topological polar surface area (TPSA) is 93.4 Å². The average Bonchev–Trinajstić information content (AvgIpc) is 2.52. The van der Waals surface area contributed by atoms with E-state index in [1.807, 2.05) is 19.9 Å². The van der Waals surface area contributed by atoms with Gasteiger partial charge in [-0.25, -0.2) is 0 Å². The van der Waals surface area contributed by atoms with Crippen LogP contribution in [-0.2, 0) is 4.79 Å². The van der Waals surface area contributed by atoms with Crippen LogP contribution < -0.4 is 21.1 Å². The van der Waals surface area contributed by atoms with Gasteiger partial charge in [0.25, 0.3) is 5.91 Å². The molecule has 1 atom stereocenters. The molecule has 0 fully saturated rings. The number of hydrogen-bond acceptors (Lipinski definition) is 4. The maximum absolute atomic E-state index is 12.1. The molecule has 2 amide bonds. The van der Waals surface area contributed by atoms with Crippen molar-refractivity contribution in [1.29, 1.82) is 0 Å². The van der Waals surface area contributed by atoms with Crippen molar-refractivity contribution in [2.24, 2.45) is 5.73 Å². The van der Waals surface area contributed by atoms with Gasteiger partial charge in [-0.15, -0.1) is 0 Å². The second kappa shape index (κ2) is 9.78. The Hall–Kier alpha value is -2.08. The van der Waals surface area contributed by atoms with E-state index in [0.717, 1.165) is 0 Å². The first-order valence-corrected chi connectivity index (χ1v) is 7.58. The van der Waals surface area contributed by atoms with E-state index in [0.29, 0.717) is 43.9 Å². The van der Waals surface area contributed by atoms with Crippen LogP contribution in [0.1, 0.15) is 37.0 Å². The molecule has 0 aliphatic carbocycles. The third-order valence-electron chi connectivity index (χ3n) is 3.06. The van der Waals surface area contributed by atoms with E-state index in [4.69, 9.17) is 10.5 Å². The zero-order valence-corrected chi connectivity index (χ0v) is 13.2. The van der Waals surface area contributed by atoms with E-state index in [9.17, 15) is 9.59 Å². The van der Waals surface area contributed by atoms with Gasteiger partial charge in [0, 0.05) is 25.6 Å². The molecule has 0 radical (unpaired) electrons. The molecule has 0 aliphatic heterocycles.